The molecule has 2 atom stereocenters. The van der Waals surface area contributed by atoms with Crippen LogP contribution in [0.15, 0.2) is 30.5 Å². The standard InChI is InChI=1S/C19H20FN3O3/c1-11-8-13(20)4-5-17(11)23-7-6-16(21-23)18(24)22-9-14(12-2-3-12)15(10-22)19(25)26/h4-8,12,14-15H,2-3,9-10H2,1H3,(H,25,26)/t14-,15+/m1/s1. The highest BCUT2D eigenvalue weighted by atomic mass is 19.1. The van der Waals surface area contributed by atoms with Crippen LogP contribution < -0.4 is 0 Å². The van der Waals surface area contributed by atoms with Crippen LogP contribution in [0.4, 0.5) is 4.39 Å². The van der Waals surface area contributed by atoms with Gasteiger partial charge in [-0.05, 0) is 61.4 Å². The first-order chi connectivity index (χ1) is 12.4. The molecule has 1 N–H and O–H groups in total. The van der Waals surface area contributed by atoms with Crippen LogP contribution in [0.25, 0.3) is 5.69 Å². The number of halogens is 1. The van der Waals surface area contributed by atoms with Crippen molar-refractivity contribution in [3.8, 4) is 5.69 Å². The molecule has 1 aromatic heterocycles. The summed E-state index contributed by atoms with van der Waals surface area (Å²) in [4.78, 5) is 25.9. The Morgan fingerprint density at radius 3 is 2.65 bits per heavy atom. The maximum Gasteiger partial charge on any atom is 0.308 e. The summed E-state index contributed by atoms with van der Waals surface area (Å²) in [6.07, 6.45) is 3.76. The highest BCUT2D eigenvalue weighted by Gasteiger charge is 2.47. The third-order valence-corrected chi connectivity index (χ3v) is 5.41. The zero-order valence-corrected chi connectivity index (χ0v) is 14.4. The number of carbonyl (C=O) groups is 2. The molecule has 2 heterocycles. The van der Waals surface area contributed by atoms with Gasteiger partial charge in [-0.2, -0.15) is 5.10 Å². The summed E-state index contributed by atoms with van der Waals surface area (Å²) in [5.41, 5.74) is 1.69. The number of benzene rings is 1. The lowest BCUT2D eigenvalue weighted by Gasteiger charge is -2.14. The minimum atomic E-state index is -0.829. The number of aliphatic carboxylic acids is 1. The largest absolute Gasteiger partial charge is 0.481 e. The molecule has 1 saturated carbocycles. The second-order valence-electron chi connectivity index (χ2n) is 7.23. The second-order valence-corrected chi connectivity index (χ2v) is 7.23. The predicted molar refractivity (Wildman–Crippen MR) is 91.5 cm³/mol. The number of aromatic nitrogens is 2. The minimum absolute atomic E-state index is 0.0397. The third kappa shape index (κ3) is 2.98. The fourth-order valence-corrected chi connectivity index (χ4v) is 3.87. The number of aryl methyl sites for hydroxylation is 1. The lowest BCUT2D eigenvalue weighted by Crippen LogP contribution is -2.30. The van der Waals surface area contributed by atoms with Crippen molar-refractivity contribution in [1.82, 2.24) is 14.7 Å². The molecule has 2 aromatic rings. The van der Waals surface area contributed by atoms with Crippen LogP contribution in [0.1, 0.15) is 28.9 Å². The van der Waals surface area contributed by atoms with Gasteiger partial charge in [-0.25, -0.2) is 9.07 Å². The summed E-state index contributed by atoms with van der Waals surface area (Å²) in [7, 11) is 0. The highest BCUT2D eigenvalue weighted by Crippen LogP contribution is 2.44. The van der Waals surface area contributed by atoms with Crippen LogP contribution in [-0.2, 0) is 4.79 Å². The van der Waals surface area contributed by atoms with Gasteiger partial charge in [0.15, 0.2) is 5.69 Å². The molecule has 0 unspecified atom stereocenters. The van der Waals surface area contributed by atoms with Crippen LogP contribution in [0.3, 0.4) is 0 Å². The Hall–Kier alpha value is -2.70. The third-order valence-electron chi connectivity index (χ3n) is 5.41. The number of rotatable bonds is 4. The maximum atomic E-state index is 13.3. The summed E-state index contributed by atoms with van der Waals surface area (Å²) in [6, 6.07) is 6.00. The Morgan fingerprint density at radius 1 is 1.23 bits per heavy atom. The van der Waals surface area contributed by atoms with Crippen molar-refractivity contribution < 1.29 is 19.1 Å². The first-order valence-electron chi connectivity index (χ1n) is 8.78. The Kier molecular flexibility index (Phi) is 4.01. The summed E-state index contributed by atoms with van der Waals surface area (Å²) >= 11 is 0. The van der Waals surface area contributed by atoms with Gasteiger partial charge in [-0.3, -0.25) is 9.59 Å². The average molecular weight is 357 g/mol. The second kappa shape index (κ2) is 6.23. The number of hydrogen-bond donors (Lipinski definition) is 1. The van der Waals surface area contributed by atoms with Gasteiger partial charge >= 0.3 is 5.97 Å². The van der Waals surface area contributed by atoms with E-state index in [1.54, 1.807) is 34.8 Å². The molecule has 0 radical (unpaired) electrons. The Morgan fingerprint density at radius 2 is 2.00 bits per heavy atom. The van der Waals surface area contributed by atoms with Crippen molar-refractivity contribution in [3.63, 3.8) is 0 Å². The SMILES string of the molecule is Cc1cc(F)ccc1-n1ccc(C(=O)N2C[C@H](C(=O)O)[C@@H](C3CC3)C2)n1. The Bertz CT molecular complexity index is 875. The number of amides is 1. The first kappa shape index (κ1) is 16.8. The molecule has 1 saturated heterocycles. The van der Waals surface area contributed by atoms with Crippen LogP contribution in [0, 0.1) is 30.5 Å². The van der Waals surface area contributed by atoms with E-state index in [0.717, 1.165) is 12.8 Å². The molecule has 7 heteroatoms. The lowest BCUT2D eigenvalue weighted by molar-refractivity contribution is -0.142. The molecule has 136 valence electrons. The average Bonchev–Trinajstić information content (AvgIpc) is 3.16. The summed E-state index contributed by atoms with van der Waals surface area (Å²) < 4.78 is 14.8. The zero-order valence-electron chi connectivity index (χ0n) is 14.4. The van der Waals surface area contributed by atoms with E-state index in [-0.39, 0.29) is 29.9 Å². The molecule has 6 nitrogen and oxygen atoms in total. The molecular formula is C19H20FN3O3. The Balaban J connectivity index is 1.54. The van der Waals surface area contributed by atoms with Gasteiger partial charge in [0, 0.05) is 19.3 Å². The van der Waals surface area contributed by atoms with Crippen LogP contribution in [-0.4, -0.2) is 44.8 Å². The molecule has 26 heavy (non-hydrogen) atoms. The fraction of sp³-hybridized carbons (Fsp3) is 0.421. The van der Waals surface area contributed by atoms with Gasteiger partial charge in [0.25, 0.3) is 5.91 Å². The van der Waals surface area contributed by atoms with Gasteiger partial charge < -0.3 is 10.0 Å². The van der Waals surface area contributed by atoms with E-state index in [0.29, 0.717) is 23.7 Å². The number of carbonyl (C=O) groups excluding carboxylic acids is 1. The number of carboxylic acid groups (broad SMARTS) is 1. The number of nitrogens with zero attached hydrogens (tertiary/aromatic N) is 3. The van der Waals surface area contributed by atoms with E-state index in [2.05, 4.69) is 5.10 Å². The molecule has 1 amide bonds. The first-order valence-corrected chi connectivity index (χ1v) is 8.78. The summed E-state index contributed by atoms with van der Waals surface area (Å²) in [6.45, 7) is 2.49. The topological polar surface area (TPSA) is 75.4 Å². The van der Waals surface area contributed by atoms with Crippen molar-refractivity contribution in [1.29, 1.82) is 0 Å². The van der Waals surface area contributed by atoms with Gasteiger partial charge in [0.1, 0.15) is 5.82 Å². The number of hydrogen-bond acceptors (Lipinski definition) is 3. The van der Waals surface area contributed by atoms with Crippen LogP contribution >= 0.6 is 0 Å². The van der Waals surface area contributed by atoms with Crippen molar-refractivity contribution in [2.45, 2.75) is 19.8 Å². The van der Waals surface area contributed by atoms with E-state index in [1.165, 1.54) is 12.1 Å². The van der Waals surface area contributed by atoms with Crippen molar-refractivity contribution in [2.75, 3.05) is 13.1 Å². The highest BCUT2D eigenvalue weighted by molar-refractivity contribution is 5.93. The fourth-order valence-electron chi connectivity index (χ4n) is 3.87. The molecule has 2 fully saturated rings. The molecule has 1 aliphatic heterocycles. The quantitative estimate of drug-likeness (QED) is 0.912. The smallest absolute Gasteiger partial charge is 0.308 e. The predicted octanol–water partition coefficient (Wildman–Crippen LogP) is 2.50. The van der Waals surface area contributed by atoms with Crippen molar-refractivity contribution in [3.05, 3.63) is 47.5 Å². The number of likely N-dealkylation sites (tertiary alicyclic amines) is 1. The van der Waals surface area contributed by atoms with Gasteiger partial charge in [0.05, 0.1) is 11.6 Å². The minimum Gasteiger partial charge on any atom is -0.481 e. The van der Waals surface area contributed by atoms with Gasteiger partial charge in [-0.15, -0.1) is 0 Å². The van der Waals surface area contributed by atoms with E-state index in [4.69, 9.17) is 0 Å². The summed E-state index contributed by atoms with van der Waals surface area (Å²) in [5, 5.41) is 13.8. The molecule has 2 aliphatic rings. The normalized spacial score (nSPS) is 22.6. The molecule has 1 aliphatic carbocycles. The van der Waals surface area contributed by atoms with E-state index in [1.807, 2.05) is 0 Å². The van der Waals surface area contributed by atoms with E-state index >= 15 is 0 Å². The molecular weight excluding hydrogens is 337 g/mol. The maximum absolute atomic E-state index is 13.3. The van der Waals surface area contributed by atoms with Gasteiger partial charge in [-0.1, -0.05) is 0 Å². The van der Waals surface area contributed by atoms with Crippen LogP contribution in [0.5, 0.6) is 0 Å². The van der Waals surface area contributed by atoms with Crippen molar-refractivity contribution >= 4 is 11.9 Å². The molecule has 0 spiro atoms. The van der Waals surface area contributed by atoms with Crippen molar-refractivity contribution in [2.24, 2.45) is 17.8 Å². The Labute approximate surface area is 150 Å². The van der Waals surface area contributed by atoms with E-state index in [9.17, 15) is 19.1 Å². The zero-order chi connectivity index (χ0) is 18.4. The monoisotopic (exact) mass is 357 g/mol. The van der Waals surface area contributed by atoms with E-state index < -0.39 is 11.9 Å². The number of carboxylic acids is 1. The molecule has 4 rings (SSSR count). The summed E-state index contributed by atoms with van der Waals surface area (Å²) in [5.74, 6) is -1.43. The molecule has 0 bridgehead atoms. The van der Waals surface area contributed by atoms with Crippen LogP contribution in [0.2, 0.25) is 0 Å². The molecule has 1 aromatic carbocycles. The lowest BCUT2D eigenvalue weighted by atomic mass is 9.92. The van der Waals surface area contributed by atoms with Gasteiger partial charge in [0.2, 0.25) is 0 Å².